The van der Waals surface area contributed by atoms with Gasteiger partial charge in [0.1, 0.15) is 11.5 Å². The lowest BCUT2D eigenvalue weighted by Gasteiger charge is -2.08. The van der Waals surface area contributed by atoms with Gasteiger partial charge in [-0.3, -0.25) is 0 Å². The molecule has 0 fully saturated rings. The summed E-state index contributed by atoms with van der Waals surface area (Å²) < 4.78 is 13.0. The second-order valence-electron chi connectivity index (χ2n) is 4.14. The maximum Gasteiger partial charge on any atom is 0.213 e. The summed E-state index contributed by atoms with van der Waals surface area (Å²) in [5.41, 5.74) is 1.60. The molecule has 0 radical (unpaired) electrons. The second kappa shape index (κ2) is 5.46. The van der Waals surface area contributed by atoms with Crippen LogP contribution in [0.1, 0.15) is 5.56 Å². The number of anilines is 1. The van der Waals surface area contributed by atoms with E-state index in [1.807, 2.05) is 18.5 Å². The van der Waals surface area contributed by atoms with Crippen LogP contribution in [0, 0.1) is 5.95 Å². The highest BCUT2D eigenvalue weighted by Crippen LogP contribution is 2.23. The molecule has 0 aliphatic rings. The number of aromatic amines is 1. The number of rotatable bonds is 4. The molecule has 0 unspecified atom stereocenters. The maximum absolute atomic E-state index is 13.0. The van der Waals surface area contributed by atoms with Gasteiger partial charge in [-0.1, -0.05) is 11.8 Å². The van der Waals surface area contributed by atoms with Gasteiger partial charge in [0.2, 0.25) is 5.95 Å². The summed E-state index contributed by atoms with van der Waals surface area (Å²) in [7, 11) is 0. The zero-order valence-electron chi connectivity index (χ0n) is 10.7. The molecule has 3 rings (SSSR count). The van der Waals surface area contributed by atoms with E-state index in [-0.39, 0.29) is 0 Å². The van der Waals surface area contributed by atoms with Gasteiger partial charge in [0, 0.05) is 18.9 Å². The van der Waals surface area contributed by atoms with E-state index < -0.39 is 5.95 Å². The number of nitrogens with zero attached hydrogens (tertiary/aromatic N) is 3. The molecule has 3 heterocycles. The van der Waals surface area contributed by atoms with Crippen molar-refractivity contribution in [1.82, 2.24) is 19.9 Å². The first-order valence-electron chi connectivity index (χ1n) is 5.99. The topological polar surface area (TPSA) is 66.5 Å². The molecular formula is C13H12FN5S. The van der Waals surface area contributed by atoms with Crippen molar-refractivity contribution in [2.45, 2.75) is 11.7 Å². The van der Waals surface area contributed by atoms with Gasteiger partial charge in [-0.15, -0.1) is 0 Å². The predicted molar refractivity (Wildman–Crippen MR) is 77.2 cm³/mol. The van der Waals surface area contributed by atoms with Gasteiger partial charge < -0.3 is 10.3 Å². The first-order chi connectivity index (χ1) is 9.76. The Bertz CT molecular complexity index is 742. The molecule has 0 spiro atoms. The van der Waals surface area contributed by atoms with E-state index in [1.165, 1.54) is 24.0 Å². The fraction of sp³-hybridized carbons (Fsp3) is 0.154. The molecule has 2 N–H and O–H groups in total. The Hall–Kier alpha value is -2.15. The van der Waals surface area contributed by atoms with E-state index in [0.29, 0.717) is 11.7 Å². The zero-order chi connectivity index (χ0) is 13.9. The van der Waals surface area contributed by atoms with Crippen LogP contribution >= 0.6 is 11.8 Å². The highest BCUT2D eigenvalue weighted by molar-refractivity contribution is 7.98. The number of fused-ring (bicyclic) bond motifs is 1. The minimum atomic E-state index is -0.483. The Morgan fingerprint density at radius 3 is 3.05 bits per heavy atom. The number of H-pyrrole nitrogens is 1. The van der Waals surface area contributed by atoms with Crippen LogP contribution in [0.3, 0.4) is 0 Å². The summed E-state index contributed by atoms with van der Waals surface area (Å²) in [6.07, 6.45) is 5.19. The molecule has 0 saturated carbocycles. The number of thioether (sulfide) groups is 1. The van der Waals surface area contributed by atoms with Crippen molar-refractivity contribution in [3.63, 3.8) is 0 Å². The zero-order valence-corrected chi connectivity index (χ0v) is 11.5. The predicted octanol–water partition coefficient (Wildman–Crippen LogP) is 2.83. The van der Waals surface area contributed by atoms with E-state index in [4.69, 9.17) is 0 Å². The lowest BCUT2D eigenvalue weighted by Crippen LogP contribution is -2.04. The van der Waals surface area contributed by atoms with Crippen LogP contribution in [-0.2, 0) is 6.54 Å². The molecule has 3 aromatic rings. The van der Waals surface area contributed by atoms with E-state index in [0.717, 1.165) is 22.4 Å². The molecule has 0 aliphatic heterocycles. The number of hydrogen-bond acceptors (Lipinski definition) is 5. The second-order valence-corrected chi connectivity index (χ2v) is 4.91. The summed E-state index contributed by atoms with van der Waals surface area (Å²) in [6, 6.07) is 5.08. The van der Waals surface area contributed by atoms with E-state index >= 15 is 0 Å². The summed E-state index contributed by atoms with van der Waals surface area (Å²) in [6.45, 7) is 0.477. The number of nitrogens with one attached hydrogen (secondary N) is 2. The quantitative estimate of drug-likeness (QED) is 0.439. The third-order valence-corrected chi connectivity index (χ3v) is 3.38. The van der Waals surface area contributed by atoms with Gasteiger partial charge >= 0.3 is 0 Å². The average Bonchev–Trinajstić information content (AvgIpc) is 2.93. The minimum Gasteiger partial charge on any atom is -0.365 e. The third-order valence-electron chi connectivity index (χ3n) is 2.83. The summed E-state index contributed by atoms with van der Waals surface area (Å²) in [5, 5.41) is 4.81. The SMILES string of the molecule is CSc1nc(NCc2ccnc(F)c2)c2cc[nH]c2n1. The highest BCUT2D eigenvalue weighted by atomic mass is 32.2. The Morgan fingerprint density at radius 1 is 1.35 bits per heavy atom. The third kappa shape index (κ3) is 2.57. The molecule has 20 heavy (non-hydrogen) atoms. The lowest BCUT2D eigenvalue weighted by atomic mass is 10.2. The molecule has 7 heteroatoms. The van der Waals surface area contributed by atoms with E-state index in [9.17, 15) is 4.39 Å². The van der Waals surface area contributed by atoms with Gasteiger partial charge in [-0.25, -0.2) is 15.0 Å². The number of aromatic nitrogens is 4. The molecule has 0 bridgehead atoms. The molecule has 0 aromatic carbocycles. The Labute approximate surface area is 119 Å². The van der Waals surface area contributed by atoms with Crippen LogP contribution in [0.2, 0.25) is 0 Å². The summed E-state index contributed by atoms with van der Waals surface area (Å²) >= 11 is 1.47. The lowest BCUT2D eigenvalue weighted by molar-refractivity contribution is 0.581. The van der Waals surface area contributed by atoms with Crippen molar-refractivity contribution in [2.24, 2.45) is 0 Å². The molecule has 3 aromatic heterocycles. The number of halogens is 1. The maximum atomic E-state index is 13.0. The Balaban J connectivity index is 1.88. The first-order valence-corrected chi connectivity index (χ1v) is 7.22. The van der Waals surface area contributed by atoms with Crippen molar-refractivity contribution >= 4 is 28.6 Å². The molecule has 0 aliphatic carbocycles. The van der Waals surface area contributed by atoms with Crippen LogP contribution in [0.25, 0.3) is 11.0 Å². The Morgan fingerprint density at radius 2 is 2.25 bits per heavy atom. The summed E-state index contributed by atoms with van der Waals surface area (Å²) in [5.74, 6) is 0.251. The summed E-state index contributed by atoms with van der Waals surface area (Å²) in [4.78, 5) is 15.4. The molecule has 102 valence electrons. The molecule has 0 saturated heterocycles. The van der Waals surface area contributed by atoms with Gasteiger partial charge in [-0.05, 0) is 30.0 Å². The highest BCUT2D eigenvalue weighted by Gasteiger charge is 2.08. The minimum absolute atomic E-state index is 0.477. The van der Waals surface area contributed by atoms with Gasteiger partial charge in [0.15, 0.2) is 5.16 Å². The van der Waals surface area contributed by atoms with Crippen LogP contribution in [-0.4, -0.2) is 26.2 Å². The number of pyridine rings is 1. The largest absolute Gasteiger partial charge is 0.365 e. The van der Waals surface area contributed by atoms with Crippen LogP contribution in [0.15, 0.2) is 35.7 Å². The Kier molecular flexibility index (Phi) is 3.51. The van der Waals surface area contributed by atoms with Crippen molar-refractivity contribution in [1.29, 1.82) is 0 Å². The number of hydrogen-bond donors (Lipinski definition) is 2. The molecule has 0 atom stereocenters. The molecule has 5 nitrogen and oxygen atoms in total. The standard InChI is InChI=1S/C13H12FN5S/c1-20-13-18-11-9(3-5-16-11)12(19-13)17-7-8-2-4-15-10(14)6-8/h2-6H,7H2,1H3,(H2,16,17,18,19). The van der Waals surface area contributed by atoms with E-state index in [2.05, 4.69) is 25.3 Å². The normalized spacial score (nSPS) is 10.9. The monoisotopic (exact) mass is 289 g/mol. The fourth-order valence-electron chi connectivity index (χ4n) is 1.89. The van der Waals surface area contributed by atoms with Gasteiger partial charge in [0.25, 0.3) is 0 Å². The molecule has 0 amide bonds. The van der Waals surface area contributed by atoms with Crippen LogP contribution in [0.5, 0.6) is 0 Å². The molecular weight excluding hydrogens is 277 g/mol. The van der Waals surface area contributed by atoms with E-state index in [1.54, 1.807) is 6.07 Å². The van der Waals surface area contributed by atoms with Crippen molar-refractivity contribution in [3.05, 3.63) is 42.1 Å². The van der Waals surface area contributed by atoms with Crippen LogP contribution < -0.4 is 5.32 Å². The fourth-order valence-corrected chi connectivity index (χ4v) is 2.25. The smallest absolute Gasteiger partial charge is 0.213 e. The van der Waals surface area contributed by atoms with Crippen molar-refractivity contribution in [2.75, 3.05) is 11.6 Å². The van der Waals surface area contributed by atoms with Crippen molar-refractivity contribution in [3.8, 4) is 0 Å². The van der Waals surface area contributed by atoms with Gasteiger partial charge in [0.05, 0.1) is 5.39 Å². The van der Waals surface area contributed by atoms with Crippen LogP contribution in [0.4, 0.5) is 10.2 Å². The van der Waals surface area contributed by atoms with Crippen molar-refractivity contribution < 1.29 is 4.39 Å². The van der Waals surface area contributed by atoms with Gasteiger partial charge in [-0.2, -0.15) is 4.39 Å². The first kappa shape index (κ1) is 12.9. The average molecular weight is 289 g/mol.